The van der Waals surface area contributed by atoms with E-state index in [2.05, 4.69) is 30.8 Å². The monoisotopic (exact) mass is 346 g/mol. The summed E-state index contributed by atoms with van der Waals surface area (Å²) in [6, 6.07) is 6.82. The average Bonchev–Trinajstić information content (AvgIpc) is 3.29. The smallest absolute Gasteiger partial charge is 0.216 e. The van der Waals surface area contributed by atoms with Gasteiger partial charge in [-0.1, -0.05) is 0 Å². The normalized spacial score (nSPS) is 11.6. The first-order valence-electron chi connectivity index (χ1n) is 7.49. The van der Waals surface area contributed by atoms with Crippen LogP contribution in [0, 0.1) is 11.6 Å². The van der Waals surface area contributed by atoms with Crippen LogP contribution in [0.4, 0.5) is 8.78 Å². The summed E-state index contributed by atoms with van der Waals surface area (Å²) < 4.78 is 32.0. The zero-order valence-corrected chi connectivity index (χ0v) is 13.4. The molecule has 3 rings (SSSR count). The molecule has 0 amide bonds. The van der Waals surface area contributed by atoms with Gasteiger partial charge < -0.3 is 15.1 Å². The largest absolute Gasteiger partial charge is 0.461 e. The van der Waals surface area contributed by atoms with Gasteiger partial charge in [0.1, 0.15) is 17.5 Å². The van der Waals surface area contributed by atoms with E-state index in [4.69, 9.17) is 4.42 Å². The van der Waals surface area contributed by atoms with Crippen LogP contribution in [0.2, 0.25) is 0 Å². The van der Waals surface area contributed by atoms with E-state index in [0.29, 0.717) is 29.9 Å². The van der Waals surface area contributed by atoms with E-state index >= 15 is 0 Å². The fraction of sp³-hybridized carbons (Fsp3) is 0.188. The molecule has 3 aromatic rings. The zero-order chi connectivity index (χ0) is 17.6. The third-order valence-corrected chi connectivity index (χ3v) is 3.37. The van der Waals surface area contributed by atoms with Gasteiger partial charge in [-0.15, -0.1) is 5.10 Å². The number of rotatable bonds is 5. The van der Waals surface area contributed by atoms with Gasteiger partial charge in [-0.05, 0) is 30.3 Å². The van der Waals surface area contributed by atoms with Crippen LogP contribution in [0.25, 0.3) is 11.6 Å². The van der Waals surface area contributed by atoms with E-state index in [1.807, 2.05) is 0 Å². The second-order valence-corrected chi connectivity index (χ2v) is 5.10. The number of hydrogen-bond acceptors (Lipinski definition) is 4. The minimum Gasteiger partial charge on any atom is -0.461 e. The van der Waals surface area contributed by atoms with Gasteiger partial charge in [-0.2, -0.15) is 0 Å². The number of aromatic amines is 1. The Morgan fingerprint density at radius 2 is 2.08 bits per heavy atom. The molecule has 0 fully saturated rings. The molecule has 7 nitrogen and oxygen atoms in total. The van der Waals surface area contributed by atoms with Gasteiger partial charge in [0.15, 0.2) is 11.7 Å². The number of guanidine groups is 1. The Balaban J connectivity index is 1.55. The fourth-order valence-corrected chi connectivity index (χ4v) is 2.14. The van der Waals surface area contributed by atoms with Crippen LogP contribution in [-0.4, -0.2) is 28.2 Å². The van der Waals surface area contributed by atoms with Crippen LogP contribution < -0.4 is 10.6 Å². The molecule has 9 heteroatoms. The highest BCUT2D eigenvalue weighted by Crippen LogP contribution is 2.14. The standard InChI is InChI=1S/C16H16F2N6O/c1-19-16(20-8-10-7-11(17)4-5-12(10)18)21-9-14-22-15(24-23-14)13-3-2-6-25-13/h2-7H,8-9H2,1H3,(H2,19,20,21)(H,22,23,24). The molecule has 0 spiro atoms. The van der Waals surface area contributed by atoms with Gasteiger partial charge in [-0.3, -0.25) is 10.1 Å². The van der Waals surface area contributed by atoms with Gasteiger partial charge in [0.25, 0.3) is 0 Å². The molecule has 3 N–H and O–H groups in total. The van der Waals surface area contributed by atoms with Crippen molar-refractivity contribution in [1.29, 1.82) is 0 Å². The molecule has 2 aromatic heterocycles. The van der Waals surface area contributed by atoms with Crippen LogP contribution in [0.5, 0.6) is 0 Å². The first-order chi connectivity index (χ1) is 12.2. The van der Waals surface area contributed by atoms with Crippen molar-refractivity contribution in [2.75, 3.05) is 7.05 Å². The first kappa shape index (κ1) is 16.6. The highest BCUT2D eigenvalue weighted by molar-refractivity contribution is 5.79. The number of aliphatic imine (C=N–C) groups is 1. The van der Waals surface area contributed by atoms with Crippen LogP contribution in [-0.2, 0) is 13.1 Å². The maximum atomic E-state index is 13.6. The third kappa shape index (κ3) is 4.19. The van der Waals surface area contributed by atoms with Crippen molar-refractivity contribution in [2.24, 2.45) is 4.99 Å². The predicted octanol–water partition coefficient (Wildman–Crippen LogP) is 2.21. The molecule has 0 aliphatic carbocycles. The molecule has 0 saturated carbocycles. The van der Waals surface area contributed by atoms with E-state index in [9.17, 15) is 8.78 Å². The molecule has 0 bridgehead atoms. The minimum atomic E-state index is -0.492. The average molecular weight is 346 g/mol. The number of aromatic nitrogens is 3. The summed E-state index contributed by atoms with van der Waals surface area (Å²) in [7, 11) is 1.58. The Kier molecular flexibility index (Phi) is 5.03. The number of H-pyrrole nitrogens is 1. The van der Waals surface area contributed by atoms with Crippen LogP contribution >= 0.6 is 0 Å². The van der Waals surface area contributed by atoms with Gasteiger partial charge in [0.2, 0.25) is 5.82 Å². The van der Waals surface area contributed by atoms with Crippen LogP contribution in [0.1, 0.15) is 11.4 Å². The van der Waals surface area contributed by atoms with Gasteiger partial charge in [0.05, 0.1) is 12.8 Å². The predicted molar refractivity (Wildman–Crippen MR) is 87.5 cm³/mol. The number of nitrogens with one attached hydrogen (secondary N) is 3. The lowest BCUT2D eigenvalue weighted by Gasteiger charge is -2.11. The minimum absolute atomic E-state index is 0.0946. The number of nitrogens with zero attached hydrogens (tertiary/aromatic N) is 3. The van der Waals surface area contributed by atoms with Crippen LogP contribution in [0.15, 0.2) is 46.0 Å². The number of halogens is 2. The van der Waals surface area contributed by atoms with Crippen molar-refractivity contribution in [1.82, 2.24) is 25.8 Å². The van der Waals surface area contributed by atoms with Crippen molar-refractivity contribution in [3.05, 3.63) is 59.6 Å². The summed E-state index contributed by atoms with van der Waals surface area (Å²) in [6.07, 6.45) is 1.54. The van der Waals surface area contributed by atoms with E-state index in [1.165, 1.54) is 0 Å². The van der Waals surface area contributed by atoms with E-state index in [0.717, 1.165) is 18.2 Å². The van der Waals surface area contributed by atoms with E-state index in [-0.39, 0.29) is 12.1 Å². The Bertz CT molecular complexity index is 859. The first-order valence-corrected chi connectivity index (χ1v) is 7.49. The summed E-state index contributed by atoms with van der Waals surface area (Å²) >= 11 is 0. The van der Waals surface area contributed by atoms with E-state index < -0.39 is 11.6 Å². The third-order valence-electron chi connectivity index (χ3n) is 3.37. The highest BCUT2D eigenvalue weighted by atomic mass is 19.1. The Labute approximate surface area is 142 Å². The second kappa shape index (κ2) is 7.56. The summed E-state index contributed by atoms with van der Waals surface area (Å²) in [5.41, 5.74) is 0.211. The quantitative estimate of drug-likeness (QED) is 0.487. The summed E-state index contributed by atoms with van der Waals surface area (Å²) in [4.78, 5) is 8.31. The van der Waals surface area contributed by atoms with Crippen molar-refractivity contribution in [2.45, 2.75) is 13.1 Å². The molecule has 0 atom stereocenters. The fourth-order valence-electron chi connectivity index (χ4n) is 2.14. The Morgan fingerprint density at radius 3 is 2.84 bits per heavy atom. The zero-order valence-electron chi connectivity index (χ0n) is 13.4. The lowest BCUT2D eigenvalue weighted by atomic mass is 10.2. The highest BCUT2D eigenvalue weighted by Gasteiger charge is 2.09. The molecule has 25 heavy (non-hydrogen) atoms. The maximum absolute atomic E-state index is 13.6. The lowest BCUT2D eigenvalue weighted by Crippen LogP contribution is -2.36. The molecule has 130 valence electrons. The maximum Gasteiger partial charge on any atom is 0.216 e. The van der Waals surface area contributed by atoms with Gasteiger partial charge in [-0.25, -0.2) is 13.8 Å². The van der Waals surface area contributed by atoms with Crippen LogP contribution in [0.3, 0.4) is 0 Å². The molecule has 0 unspecified atom stereocenters. The lowest BCUT2D eigenvalue weighted by molar-refractivity contribution is 0.577. The molecule has 1 aromatic carbocycles. The molecular weight excluding hydrogens is 330 g/mol. The molecule has 0 aliphatic rings. The summed E-state index contributed by atoms with van der Waals surface area (Å²) in [5.74, 6) is 1.03. The molecule has 0 aliphatic heterocycles. The molecule has 2 heterocycles. The van der Waals surface area contributed by atoms with Crippen molar-refractivity contribution in [3.8, 4) is 11.6 Å². The molecule has 0 radical (unpaired) electrons. The second-order valence-electron chi connectivity index (χ2n) is 5.10. The van der Waals surface area contributed by atoms with Gasteiger partial charge >= 0.3 is 0 Å². The topological polar surface area (TPSA) is 91.1 Å². The van der Waals surface area contributed by atoms with Crippen molar-refractivity contribution >= 4 is 5.96 Å². The van der Waals surface area contributed by atoms with Crippen molar-refractivity contribution < 1.29 is 13.2 Å². The van der Waals surface area contributed by atoms with E-state index in [1.54, 1.807) is 25.4 Å². The Hall–Kier alpha value is -3.23. The SMILES string of the molecule is CN=C(NCc1nc(-c2ccco2)n[nH]1)NCc1cc(F)ccc1F. The number of hydrogen-bond donors (Lipinski definition) is 3. The number of benzene rings is 1. The summed E-state index contributed by atoms with van der Waals surface area (Å²) in [5, 5.41) is 12.8. The molecule has 0 saturated heterocycles. The number of furan rings is 1. The van der Waals surface area contributed by atoms with Crippen molar-refractivity contribution in [3.63, 3.8) is 0 Å². The summed E-state index contributed by atoms with van der Waals surface area (Å²) in [6.45, 7) is 0.413. The molecular formula is C16H16F2N6O. The van der Waals surface area contributed by atoms with Gasteiger partial charge in [0, 0.05) is 19.2 Å². The Morgan fingerprint density at radius 1 is 1.24 bits per heavy atom.